The topological polar surface area (TPSA) is 40.5 Å². The number of amides is 1. The molecule has 0 aliphatic carbocycles. The average Bonchev–Trinajstić information content (AvgIpc) is 2.24. The standard InChI is InChI=1S/C11H12ClNO2S/c12-8-1-3-10(4-2-8)16-7-11(15)13-5-9(14)6-13/h1-4,9,14H,5-7H2. The SMILES string of the molecule is O=C(CSc1ccc(Cl)cc1)N1CC(O)C1. The van der Waals surface area contributed by atoms with Crippen molar-refractivity contribution in [2.75, 3.05) is 18.8 Å². The number of aliphatic hydroxyl groups excluding tert-OH is 1. The molecule has 1 amide bonds. The Morgan fingerprint density at radius 3 is 2.62 bits per heavy atom. The van der Waals surface area contributed by atoms with Gasteiger partial charge in [0.05, 0.1) is 11.9 Å². The number of thioether (sulfide) groups is 1. The summed E-state index contributed by atoms with van der Waals surface area (Å²) in [6, 6.07) is 7.40. The number of rotatable bonds is 3. The van der Waals surface area contributed by atoms with Gasteiger partial charge < -0.3 is 10.0 Å². The maximum absolute atomic E-state index is 11.6. The molecule has 1 aromatic rings. The Morgan fingerprint density at radius 1 is 1.44 bits per heavy atom. The molecule has 0 radical (unpaired) electrons. The molecule has 3 nitrogen and oxygen atoms in total. The summed E-state index contributed by atoms with van der Waals surface area (Å²) in [6.45, 7) is 0.944. The van der Waals surface area contributed by atoms with Gasteiger partial charge in [0.25, 0.3) is 0 Å². The zero-order valence-corrected chi connectivity index (χ0v) is 10.2. The maximum atomic E-state index is 11.6. The fraction of sp³-hybridized carbons (Fsp3) is 0.364. The van der Waals surface area contributed by atoms with Gasteiger partial charge in [-0.15, -0.1) is 11.8 Å². The Hall–Kier alpha value is -0.710. The number of halogens is 1. The second-order valence-corrected chi connectivity index (χ2v) is 5.18. The third-order valence-electron chi connectivity index (χ3n) is 2.39. The van der Waals surface area contributed by atoms with Gasteiger partial charge in [0.2, 0.25) is 5.91 Å². The van der Waals surface area contributed by atoms with Gasteiger partial charge in [0.15, 0.2) is 0 Å². The van der Waals surface area contributed by atoms with Crippen LogP contribution in [0.4, 0.5) is 0 Å². The van der Waals surface area contributed by atoms with Gasteiger partial charge in [0.1, 0.15) is 0 Å². The van der Waals surface area contributed by atoms with Crippen LogP contribution in [0.25, 0.3) is 0 Å². The molecule has 0 unspecified atom stereocenters. The molecule has 0 atom stereocenters. The molecule has 1 heterocycles. The van der Waals surface area contributed by atoms with E-state index in [9.17, 15) is 4.79 Å². The Kier molecular flexibility index (Phi) is 3.74. The van der Waals surface area contributed by atoms with E-state index in [2.05, 4.69) is 0 Å². The Labute approximate surface area is 103 Å². The van der Waals surface area contributed by atoms with Crippen molar-refractivity contribution in [2.45, 2.75) is 11.0 Å². The highest BCUT2D eigenvalue weighted by Crippen LogP contribution is 2.21. The number of carbonyl (C=O) groups is 1. The largest absolute Gasteiger partial charge is 0.389 e. The number of benzene rings is 1. The molecule has 1 aromatic carbocycles. The lowest BCUT2D eigenvalue weighted by Gasteiger charge is -2.35. The van der Waals surface area contributed by atoms with Gasteiger partial charge in [-0.1, -0.05) is 11.6 Å². The molecule has 16 heavy (non-hydrogen) atoms. The van der Waals surface area contributed by atoms with Gasteiger partial charge in [-0.2, -0.15) is 0 Å². The second kappa shape index (κ2) is 5.08. The van der Waals surface area contributed by atoms with Crippen LogP contribution >= 0.6 is 23.4 Å². The van der Waals surface area contributed by atoms with Crippen LogP contribution in [0.1, 0.15) is 0 Å². The molecule has 2 rings (SSSR count). The number of hydrogen-bond acceptors (Lipinski definition) is 3. The first-order valence-electron chi connectivity index (χ1n) is 4.99. The van der Waals surface area contributed by atoms with E-state index in [4.69, 9.17) is 16.7 Å². The quantitative estimate of drug-likeness (QED) is 0.837. The molecular formula is C11H12ClNO2S. The molecular weight excluding hydrogens is 246 g/mol. The highest BCUT2D eigenvalue weighted by molar-refractivity contribution is 8.00. The first-order chi connectivity index (χ1) is 7.65. The minimum atomic E-state index is -0.329. The monoisotopic (exact) mass is 257 g/mol. The summed E-state index contributed by atoms with van der Waals surface area (Å²) < 4.78 is 0. The number of hydrogen-bond donors (Lipinski definition) is 1. The Balaban J connectivity index is 1.79. The van der Waals surface area contributed by atoms with E-state index in [0.29, 0.717) is 23.9 Å². The van der Waals surface area contributed by atoms with Crippen molar-refractivity contribution in [2.24, 2.45) is 0 Å². The normalized spacial score (nSPS) is 16.0. The molecule has 1 aliphatic rings. The van der Waals surface area contributed by atoms with Crippen LogP contribution in [-0.4, -0.2) is 40.9 Å². The summed E-state index contributed by atoms with van der Waals surface area (Å²) in [4.78, 5) is 14.3. The maximum Gasteiger partial charge on any atom is 0.233 e. The molecule has 1 saturated heterocycles. The summed E-state index contributed by atoms with van der Waals surface area (Å²) in [5.41, 5.74) is 0. The van der Waals surface area contributed by atoms with Crippen LogP contribution in [0.3, 0.4) is 0 Å². The molecule has 0 spiro atoms. The fourth-order valence-electron chi connectivity index (χ4n) is 1.43. The minimum absolute atomic E-state index is 0.0743. The first-order valence-corrected chi connectivity index (χ1v) is 6.36. The molecule has 0 aromatic heterocycles. The Bertz CT molecular complexity index is 376. The van der Waals surface area contributed by atoms with E-state index < -0.39 is 0 Å². The second-order valence-electron chi connectivity index (χ2n) is 3.70. The predicted molar refractivity (Wildman–Crippen MR) is 64.8 cm³/mol. The highest BCUT2D eigenvalue weighted by atomic mass is 35.5. The third kappa shape index (κ3) is 2.90. The summed E-state index contributed by atoms with van der Waals surface area (Å²) in [7, 11) is 0. The van der Waals surface area contributed by atoms with E-state index >= 15 is 0 Å². The van der Waals surface area contributed by atoms with E-state index in [1.807, 2.05) is 24.3 Å². The fourth-order valence-corrected chi connectivity index (χ4v) is 2.35. The summed E-state index contributed by atoms with van der Waals surface area (Å²) >= 11 is 7.24. The number of carbonyl (C=O) groups excluding carboxylic acids is 1. The van der Waals surface area contributed by atoms with Crippen molar-refractivity contribution < 1.29 is 9.90 Å². The predicted octanol–water partition coefficient (Wildman–Crippen LogP) is 1.64. The van der Waals surface area contributed by atoms with Crippen LogP contribution in [0.2, 0.25) is 5.02 Å². The first kappa shape index (κ1) is 11.8. The van der Waals surface area contributed by atoms with Crippen molar-refractivity contribution in [3.8, 4) is 0 Å². The summed E-state index contributed by atoms with van der Waals surface area (Å²) in [6.07, 6.45) is -0.329. The number of aliphatic hydroxyl groups is 1. The van der Waals surface area contributed by atoms with Crippen molar-refractivity contribution in [3.05, 3.63) is 29.3 Å². The lowest BCUT2D eigenvalue weighted by atomic mass is 10.2. The van der Waals surface area contributed by atoms with Gasteiger partial charge in [0, 0.05) is 23.0 Å². The highest BCUT2D eigenvalue weighted by Gasteiger charge is 2.28. The van der Waals surface area contributed by atoms with Crippen molar-refractivity contribution in [1.29, 1.82) is 0 Å². The molecule has 86 valence electrons. The zero-order valence-electron chi connectivity index (χ0n) is 8.60. The van der Waals surface area contributed by atoms with Crippen LogP contribution in [0.15, 0.2) is 29.2 Å². The van der Waals surface area contributed by atoms with E-state index in [1.165, 1.54) is 11.8 Å². The molecule has 0 bridgehead atoms. The lowest BCUT2D eigenvalue weighted by molar-refractivity contribution is -0.138. The van der Waals surface area contributed by atoms with E-state index in [1.54, 1.807) is 4.90 Å². The smallest absolute Gasteiger partial charge is 0.233 e. The molecule has 1 N–H and O–H groups in total. The number of β-amino-alcohol motifs (C(OH)–C–C–N with tert-alkyl or cyclic N) is 1. The van der Waals surface area contributed by atoms with Crippen LogP contribution < -0.4 is 0 Å². The molecule has 1 fully saturated rings. The van der Waals surface area contributed by atoms with Gasteiger partial charge >= 0.3 is 0 Å². The van der Waals surface area contributed by atoms with Gasteiger partial charge in [-0.05, 0) is 24.3 Å². The Morgan fingerprint density at radius 2 is 2.06 bits per heavy atom. The number of likely N-dealkylation sites (tertiary alicyclic amines) is 1. The minimum Gasteiger partial charge on any atom is -0.389 e. The van der Waals surface area contributed by atoms with Crippen LogP contribution in [-0.2, 0) is 4.79 Å². The lowest BCUT2D eigenvalue weighted by Crippen LogP contribution is -2.54. The summed E-state index contributed by atoms with van der Waals surface area (Å²) in [5, 5.41) is 9.76. The third-order valence-corrected chi connectivity index (χ3v) is 3.64. The zero-order chi connectivity index (χ0) is 11.5. The van der Waals surface area contributed by atoms with E-state index in [0.717, 1.165) is 4.90 Å². The van der Waals surface area contributed by atoms with Gasteiger partial charge in [-0.3, -0.25) is 4.79 Å². The van der Waals surface area contributed by atoms with Gasteiger partial charge in [-0.25, -0.2) is 0 Å². The van der Waals surface area contributed by atoms with Crippen molar-refractivity contribution in [3.63, 3.8) is 0 Å². The molecule has 0 saturated carbocycles. The van der Waals surface area contributed by atoms with Crippen molar-refractivity contribution in [1.82, 2.24) is 4.90 Å². The molecule has 1 aliphatic heterocycles. The van der Waals surface area contributed by atoms with Crippen molar-refractivity contribution >= 4 is 29.3 Å². The van der Waals surface area contributed by atoms with E-state index in [-0.39, 0.29) is 12.0 Å². The van der Waals surface area contributed by atoms with Crippen LogP contribution in [0.5, 0.6) is 0 Å². The molecule has 5 heteroatoms. The van der Waals surface area contributed by atoms with Crippen LogP contribution in [0, 0.1) is 0 Å². The summed E-state index contributed by atoms with van der Waals surface area (Å²) in [5.74, 6) is 0.485. The number of nitrogens with zero attached hydrogens (tertiary/aromatic N) is 1. The average molecular weight is 258 g/mol.